The molecule has 0 aliphatic rings. The van der Waals surface area contributed by atoms with Crippen LogP contribution >= 0.6 is 9.47 Å². The van der Waals surface area contributed by atoms with Crippen LogP contribution in [0.25, 0.3) is 0 Å². The lowest BCUT2D eigenvalue weighted by Gasteiger charge is -1.95. The first kappa shape index (κ1) is 11.5. The van der Waals surface area contributed by atoms with Gasteiger partial charge in [0.1, 0.15) is 0 Å². The van der Waals surface area contributed by atoms with E-state index >= 15 is 0 Å². The zero-order valence-electron chi connectivity index (χ0n) is 5.20. The highest BCUT2D eigenvalue weighted by Crippen LogP contribution is 1.91. The van der Waals surface area contributed by atoms with Crippen LogP contribution in [-0.2, 0) is 44.9 Å². The third kappa shape index (κ3) is 9.51. The van der Waals surface area contributed by atoms with E-state index in [2.05, 4.69) is 50.2 Å². The van der Waals surface area contributed by atoms with E-state index in [-0.39, 0.29) is 0 Å². The Morgan fingerprint density at radius 1 is 0.833 bits per heavy atom. The average molecular weight is 206 g/mol. The summed E-state index contributed by atoms with van der Waals surface area (Å²) in [4.78, 5) is 3.47. The molecule has 0 amide bonds. The van der Waals surface area contributed by atoms with Gasteiger partial charge < -0.3 is 0 Å². The maximum atomic E-state index is 5.98. The second-order valence-electron chi connectivity index (χ2n) is 0.738. The molecule has 72 valence electrons. The van der Waals surface area contributed by atoms with Gasteiger partial charge in [-0.05, 0) is 15.1 Å². The van der Waals surface area contributed by atoms with Crippen LogP contribution < -0.4 is 0 Å². The molecule has 11 nitrogen and oxygen atoms in total. The molecule has 0 heterocycles. The van der Waals surface area contributed by atoms with E-state index in [1.165, 1.54) is 0 Å². The Morgan fingerprint density at radius 3 is 1.83 bits per heavy atom. The molecule has 0 saturated heterocycles. The van der Waals surface area contributed by atoms with Crippen LogP contribution in [0.1, 0.15) is 0 Å². The van der Waals surface area contributed by atoms with Gasteiger partial charge in [0.2, 0.25) is 0 Å². The number of hydrogen-bond acceptors (Lipinski definition) is 11. The minimum Gasteiger partial charge on any atom is -0.189 e. The van der Waals surface area contributed by atoms with Crippen LogP contribution in [0.3, 0.4) is 0 Å². The Kier molecular flexibility index (Phi) is 10.1. The summed E-state index contributed by atoms with van der Waals surface area (Å²) in [5.41, 5.74) is 5.98. The van der Waals surface area contributed by atoms with Crippen molar-refractivity contribution in [2.75, 3.05) is 0 Å². The second kappa shape index (κ2) is 10.5. The largest absolute Gasteiger partial charge is 0.189 e. The molecule has 0 fully saturated rings. The summed E-state index contributed by atoms with van der Waals surface area (Å²) in [7, 11) is 1.67. The monoisotopic (exact) mass is 206 g/mol. The van der Waals surface area contributed by atoms with Gasteiger partial charge in [-0.25, -0.2) is 0 Å². The van der Waals surface area contributed by atoms with Crippen LogP contribution in [0.5, 0.6) is 0 Å². The third-order valence-electron chi connectivity index (χ3n) is 0.274. The minimum atomic E-state index is 1.67. The van der Waals surface area contributed by atoms with E-state index in [0.29, 0.717) is 0 Å². The summed E-state index contributed by atoms with van der Waals surface area (Å²) in [6, 6.07) is 0. The van der Waals surface area contributed by atoms with E-state index in [1.807, 2.05) is 0 Å². The molecular formula is H3N2O9P. The van der Waals surface area contributed by atoms with Crippen molar-refractivity contribution in [2.45, 2.75) is 0 Å². The van der Waals surface area contributed by atoms with Crippen molar-refractivity contribution in [3.63, 3.8) is 0 Å². The molecule has 1 atom stereocenters. The molecule has 0 aromatic carbocycles. The van der Waals surface area contributed by atoms with Crippen molar-refractivity contribution in [1.82, 2.24) is 0 Å². The van der Waals surface area contributed by atoms with Crippen LogP contribution in [0.4, 0.5) is 0 Å². The molecule has 0 radical (unpaired) electrons. The SMILES string of the molecule is N=NOOOOOOOOOP. The normalized spacial score (nSPS) is 9.75. The molecule has 0 aromatic heterocycles. The van der Waals surface area contributed by atoms with Crippen molar-refractivity contribution < 1.29 is 44.9 Å². The zero-order chi connectivity index (χ0) is 9.07. The molecule has 0 aliphatic carbocycles. The van der Waals surface area contributed by atoms with E-state index in [0.717, 1.165) is 0 Å². The van der Waals surface area contributed by atoms with Gasteiger partial charge in [-0.2, -0.15) is 15.2 Å². The molecular weight excluding hydrogens is 203 g/mol. The molecule has 0 rings (SSSR count). The van der Waals surface area contributed by atoms with Crippen molar-refractivity contribution >= 4 is 9.47 Å². The Balaban J connectivity index is 2.77. The predicted octanol–water partition coefficient (Wildman–Crippen LogP) is 0.192. The number of nitrogens with zero attached hydrogens (tertiary/aromatic N) is 1. The Hall–Kier alpha value is -0.490. The zero-order valence-corrected chi connectivity index (χ0v) is 6.35. The van der Waals surface area contributed by atoms with E-state index in [1.54, 1.807) is 9.47 Å². The first-order valence-corrected chi connectivity index (χ1v) is 2.45. The quantitative estimate of drug-likeness (QED) is 0.185. The van der Waals surface area contributed by atoms with Crippen molar-refractivity contribution in [2.24, 2.45) is 5.28 Å². The fourth-order valence-electron chi connectivity index (χ4n) is 0.100. The molecule has 1 unspecified atom stereocenters. The van der Waals surface area contributed by atoms with Gasteiger partial charge in [0.05, 0.1) is 5.28 Å². The molecule has 12 heteroatoms. The van der Waals surface area contributed by atoms with Gasteiger partial charge in [0.15, 0.2) is 0 Å². The predicted molar refractivity (Wildman–Crippen MR) is 24.6 cm³/mol. The highest BCUT2D eigenvalue weighted by atomic mass is 31.0. The molecule has 0 aromatic rings. The van der Waals surface area contributed by atoms with E-state index < -0.39 is 0 Å². The smallest absolute Gasteiger partial charge is 0.0604 e. The summed E-state index contributed by atoms with van der Waals surface area (Å²) in [5, 5.41) is 26.9. The summed E-state index contributed by atoms with van der Waals surface area (Å²) in [6.45, 7) is 0. The minimum absolute atomic E-state index is 1.67. The number of hydrogen-bond donors (Lipinski definition) is 1. The average Bonchev–Trinajstić information content (AvgIpc) is 2.10. The fourth-order valence-corrected chi connectivity index (χ4v) is 0.132. The maximum Gasteiger partial charge on any atom is 0.0604 e. The molecule has 0 bridgehead atoms. The fraction of sp³-hybridized carbons (Fsp3) is 0. The first-order chi connectivity index (χ1) is 5.91. The lowest BCUT2D eigenvalue weighted by atomic mass is 13.1. The van der Waals surface area contributed by atoms with Crippen LogP contribution in [0, 0.1) is 5.53 Å². The van der Waals surface area contributed by atoms with Crippen molar-refractivity contribution in [3.05, 3.63) is 0 Å². The van der Waals surface area contributed by atoms with E-state index in [4.69, 9.17) is 5.53 Å². The maximum absolute atomic E-state index is 5.98. The highest BCUT2D eigenvalue weighted by Gasteiger charge is 1.93. The van der Waals surface area contributed by atoms with Gasteiger partial charge in [0.25, 0.3) is 0 Å². The molecule has 1 N–H and O–H groups in total. The molecule has 0 saturated carbocycles. The summed E-state index contributed by atoms with van der Waals surface area (Å²) in [5.74, 6) is 0. The molecule has 0 aliphatic heterocycles. The third-order valence-corrected chi connectivity index (χ3v) is 0.352. The molecule has 12 heavy (non-hydrogen) atoms. The lowest BCUT2D eigenvalue weighted by Crippen LogP contribution is -1.99. The van der Waals surface area contributed by atoms with Gasteiger partial charge in [0, 0.05) is 29.6 Å². The van der Waals surface area contributed by atoms with Gasteiger partial charge in [-0.3, -0.25) is 0 Å². The topological polar surface area (TPSA) is 119 Å². The number of rotatable bonds is 9. The summed E-state index contributed by atoms with van der Waals surface area (Å²) >= 11 is 0. The summed E-state index contributed by atoms with van der Waals surface area (Å²) < 4.78 is 3.78. The van der Waals surface area contributed by atoms with Gasteiger partial charge in [-0.15, -0.1) is 0 Å². The molecule has 0 spiro atoms. The Labute approximate surface area is 66.4 Å². The van der Waals surface area contributed by atoms with Gasteiger partial charge >= 0.3 is 0 Å². The van der Waals surface area contributed by atoms with Crippen LogP contribution in [0.2, 0.25) is 0 Å². The number of nitrogens with one attached hydrogen (secondary N) is 1. The lowest BCUT2D eigenvalue weighted by molar-refractivity contribution is -0.827. The van der Waals surface area contributed by atoms with Gasteiger partial charge in [-0.1, -0.05) is 0 Å². The van der Waals surface area contributed by atoms with Crippen LogP contribution in [-0.4, -0.2) is 0 Å². The van der Waals surface area contributed by atoms with Crippen molar-refractivity contribution in [1.29, 1.82) is 5.53 Å². The Bertz CT molecular complexity index is 96.5. The van der Waals surface area contributed by atoms with E-state index in [9.17, 15) is 0 Å². The van der Waals surface area contributed by atoms with Crippen molar-refractivity contribution in [3.8, 4) is 0 Å². The standard InChI is InChI=1S/H3N2O9P/c1-2-3-4-5-6-7-8-9-10-11-12/h1H,12H2. The second-order valence-corrected chi connectivity index (χ2v) is 0.931. The highest BCUT2D eigenvalue weighted by molar-refractivity contribution is 7.09. The van der Waals surface area contributed by atoms with Crippen LogP contribution in [0.15, 0.2) is 5.28 Å². The first-order valence-electron chi connectivity index (χ1n) is 1.98. The Morgan fingerprint density at radius 2 is 1.33 bits per heavy atom. The summed E-state index contributed by atoms with van der Waals surface area (Å²) in [6.07, 6.45) is 0.